The average molecular weight is 328 g/mol. The molecule has 4 heteroatoms. The largest absolute Gasteiger partial charge is 0.349 e. The zero-order chi connectivity index (χ0) is 14.0. The van der Waals surface area contributed by atoms with Gasteiger partial charge in [0, 0.05) is 10.5 Å². The summed E-state index contributed by atoms with van der Waals surface area (Å²) in [5.74, 6) is 0.647. The van der Waals surface area contributed by atoms with E-state index in [4.69, 9.17) is 0 Å². The van der Waals surface area contributed by atoms with E-state index in [1.807, 2.05) is 0 Å². The average Bonchev–Trinajstić information content (AvgIpc) is 2.34. The SMILES string of the molecule is C[C@H]1[C@H](C)CCC[C@H]1NC(=O)c1ccc(F)cc1Br. The van der Waals surface area contributed by atoms with Gasteiger partial charge in [0.15, 0.2) is 0 Å². The van der Waals surface area contributed by atoms with Crippen LogP contribution in [0.3, 0.4) is 0 Å². The lowest BCUT2D eigenvalue weighted by Crippen LogP contribution is -2.43. The second-order valence-electron chi connectivity index (χ2n) is 5.47. The summed E-state index contributed by atoms with van der Waals surface area (Å²) < 4.78 is 13.5. The molecular weight excluding hydrogens is 309 g/mol. The molecule has 0 bridgehead atoms. The molecule has 1 amide bonds. The molecule has 1 aromatic rings. The Morgan fingerprint density at radius 3 is 2.79 bits per heavy atom. The van der Waals surface area contributed by atoms with Gasteiger partial charge < -0.3 is 5.32 Å². The number of carbonyl (C=O) groups excluding carboxylic acids is 1. The molecule has 1 N–H and O–H groups in total. The van der Waals surface area contributed by atoms with E-state index in [1.54, 1.807) is 0 Å². The highest BCUT2D eigenvalue weighted by molar-refractivity contribution is 9.10. The van der Waals surface area contributed by atoms with Crippen LogP contribution in [0.15, 0.2) is 22.7 Å². The molecule has 1 aliphatic carbocycles. The van der Waals surface area contributed by atoms with E-state index in [0.29, 0.717) is 21.9 Å². The zero-order valence-electron chi connectivity index (χ0n) is 11.2. The maximum absolute atomic E-state index is 13.0. The summed E-state index contributed by atoms with van der Waals surface area (Å²) in [6.07, 6.45) is 3.41. The van der Waals surface area contributed by atoms with Crippen LogP contribution in [0.2, 0.25) is 0 Å². The van der Waals surface area contributed by atoms with Gasteiger partial charge in [-0.1, -0.05) is 26.7 Å². The van der Waals surface area contributed by atoms with E-state index < -0.39 is 0 Å². The molecular formula is C15H19BrFNO. The Labute approximate surface area is 121 Å². The van der Waals surface area contributed by atoms with E-state index in [9.17, 15) is 9.18 Å². The molecule has 1 aliphatic rings. The molecule has 0 unspecified atom stereocenters. The van der Waals surface area contributed by atoms with Crippen LogP contribution in [0.1, 0.15) is 43.5 Å². The fourth-order valence-corrected chi connectivity index (χ4v) is 3.24. The molecule has 2 rings (SSSR count). The van der Waals surface area contributed by atoms with Gasteiger partial charge in [0.1, 0.15) is 5.82 Å². The van der Waals surface area contributed by atoms with Crippen LogP contribution in [-0.4, -0.2) is 11.9 Å². The summed E-state index contributed by atoms with van der Waals surface area (Å²) in [4.78, 5) is 12.2. The van der Waals surface area contributed by atoms with Crippen molar-refractivity contribution in [3.05, 3.63) is 34.1 Å². The highest BCUT2D eigenvalue weighted by Crippen LogP contribution is 2.30. The summed E-state index contributed by atoms with van der Waals surface area (Å²) in [6.45, 7) is 4.42. The smallest absolute Gasteiger partial charge is 0.252 e. The van der Waals surface area contributed by atoms with Crippen molar-refractivity contribution < 1.29 is 9.18 Å². The molecule has 0 saturated heterocycles. The molecule has 0 heterocycles. The lowest BCUT2D eigenvalue weighted by atomic mass is 9.78. The van der Waals surface area contributed by atoms with Crippen LogP contribution >= 0.6 is 15.9 Å². The van der Waals surface area contributed by atoms with Gasteiger partial charge >= 0.3 is 0 Å². The van der Waals surface area contributed by atoms with Crippen LogP contribution in [0.4, 0.5) is 4.39 Å². The number of halogens is 2. The van der Waals surface area contributed by atoms with Crippen molar-refractivity contribution in [2.24, 2.45) is 11.8 Å². The fraction of sp³-hybridized carbons (Fsp3) is 0.533. The van der Waals surface area contributed by atoms with Gasteiger partial charge in [0.25, 0.3) is 5.91 Å². The summed E-state index contributed by atoms with van der Waals surface area (Å²) in [5.41, 5.74) is 0.492. The third-order valence-corrected chi connectivity index (χ3v) is 4.86. The Bertz CT molecular complexity index is 477. The maximum atomic E-state index is 13.0. The molecule has 1 aromatic carbocycles. The van der Waals surface area contributed by atoms with Crippen molar-refractivity contribution >= 4 is 21.8 Å². The molecule has 19 heavy (non-hydrogen) atoms. The summed E-state index contributed by atoms with van der Waals surface area (Å²) in [5, 5.41) is 3.08. The molecule has 3 atom stereocenters. The molecule has 0 aromatic heterocycles. The van der Waals surface area contributed by atoms with Crippen molar-refractivity contribution in [1.82, 2.24) is 5.32 Å². The van der Waals surface area contributed by atoms with Crippen molar-refractivity contribution in [2.75, 3.05) is 0 Å². The third-order valence-electron chi connectivity index (χ3n) is 4.20. The minimum Gasteiger partial charge on any atom is -0.349 e. The lowest BCUT2D eigenvalue weighted by molar-refractivity contribution is 0.0890. The summed E-state index contributed by atoms with van der Waals surface area (Å²) >= 11 is 3.24. The highest BCUT2D eigenvalue weighted by atomic mass is 79.9. The Morgan fingerprint density at radius 2 is 2.11 bits per heavy atom. The van der Waals surface area contributed by atoms with Crippen LogP contribution in [0.25, 0.3) is 0 Å². The van der Waals surface area contributed by atoms with Crippen molar-refractivity contribution in [3.8, 4) is 0 Å². The number of carbonyl (C=O) groups is 1. The van der Waals surface area contributed by atoms with Gasteiger partial charge in [0.2, 0.25) is 0 Å². The van der Waals surface area contributed by atoms with Gasteiger partial charge in [0.05, 0.1) is 5.56 Å². The van der Waals surface area contributed by atoms with Gasteiger partial charge in [-0.3, -0.25) is 4.79 Å². The number of hydrogen-bond acceptors (Lipinski definition) is 1. The number of benzene rings is 1. The highest BCUT2D eigenvalue weighted by Gasteiger charge is 2.28. The Balaban J connectivity index is 2.08. The molecule has 1 fully saturated rings. The molecule has 104 valence electrons. The van der Waals surface area contributed by atoms with E-state index in [0.717, 1.165) is 12.8 Å². The minimum atomic E-state index is -0.344. The fourth-order valence-electron chi connectivity index (χ4n) is 2.71. The van der Waals surface area contributed by atoms with Crippen molar-refractivity contribution in [2.45, 2.75) is 39.2 Å². The second-order valence-corrected chi connectivity index (χ2v) is 6.33. The molecule has 1 saturated carbocycles. The first kappa shape index (κ1) is 14.5. The van der Waals surface area contributed by atoms with E-state index >= 15 is 0 Å². The van der Waals surface area contributed by atoms with Gasteiger partial charge in [-0.2, -0.15) is 0 Å². The van der Waals surface area contributed by atoms with Crippen molar-refractivity contribution in [1.29, 1.82) is 0 Å². The van der Waals surface area contributed by atoms with E-state index in [2.05, 4.69) is 35.1 Å². The number of hydrogen-bond donors (Lipinski definition) is 1. The van der Waals surface area contributed by atoms with Crippen LogP contribution in [0, 0.1) is 17.7 Å². The third kappa shape index (κ3) is 3.35. The zero-order valence-corrected chi connectivity index (χ0v) is 12.8. The molecule has 2 nitrogen and oxygen atoms in total. The normalized spacial score (nSPS) is 27.1. The van der Waals surface area contributed by atoms with Crippen molar-refractivity contribution in [3.63, 3.8) is 0 Å². The molecule has 0 aliphatic heterocycles. The Hall–Kier alpha value is -0.900. The standard InChI is InChI=1S/C15H19BrFNO/c1-9-4-3-5-14(10(9)2)18-15(19)12-7-6-11(17)8-13(12)16/h6-10,14H,3-5H2,1-2H3,(H,18,19)/t9-,10+,14-/m1/s1. The van der Waals surface area contributed by atoms with E-state index in [-0.39, 0.29) is 17.8 Å². The van der Waals surface area contributed by atoms with Crippen LogP contribution in [-0.2, 0) is 0 Å². The maximum Gasteiger partial charge on any atom is 0.252 e. The van der Waals surface area contributed by atoms with Gasteiger partial charge in [-0.25, -0.2) is 4.39 Å². The number of rotatable bonds is 2. The topological polar surface area (TPSA) is 29.1 Å². The summed E-state index contributed by atoms with van der Waals surface area (Å²) in [6, 6.07) is 4.37. The number of nitrogens with one attached hydrogen (secondary N) is 1. The minimum absolute atomic E-state index is 0.127. The first-order chi connectivity index (χ1) is 8.99. The first-order valence-electron chi connectivity index (χ1n) is 6.75. The van der Waals surface area contributed by atoms with Gasteiger partial charge in [-0.05, 0) is 52.4 Å². The lowest BCUT2D eigenvalue weighted by Gasteiger charge is -2.34. The predicted molar refractivity (Wildman–Crippen MR) is 77.5 cm³/mol. The first-order valence-corrected chi connectivity index (χ1v) is 7.54. The quantitative estimate of drug-likeness (QED) is 0.868. The van der Waals surface area contributed by atoms with Crippen LogP contribution < -0.4 is 5.32 Å². The Morgan fingerprint density at radius 1 is 1.37 bits per heavy atom. The molecule has 0 radical (unpaired) electrons. The second kappa shape index (κ2) is 6.04. The Kier molecular flexibility index (Phi) is 4.61. The van der Waals surface area contributed by atoms with E-state index in [1.165, 1.54) is 24.6 Å². The van der Waals surface area contributed by atoms with Crippen LogP contribution in [0.5, 0.6) is 0 Å². The molecule has 0 spiro atoms. The summed E-state index contributed by atoms with van der Waals surface area (Å²) in [7, 11) is 0. The number of amides is 1. The predicted octanol–water partition coefficient (Wildman–Crippen LogP) is 4.14. The van der Waals surface area contributed by atoms with Gasteiger partial charge in [-0.15, -0.1) is 0 Å². The monoisotopic (exact) mass is 327 g/mol.